The summed E-state index contributed by atoms with van der Waals surface area (Å²) in [6, 6.07) is 11.8. The number of aliphatic hydroxyl groups is 1. The number of aryl methyl sites for hydroxylation is 2. The Morgan fingerprint density at radius 3 is 2.63 bits per heavy atom. The van der Waals surface area contributed by atoms with Gasteiger partial charge in [0.25, 0.3) is 0 Å². The van der Waals surface area contributed by atoms with E-state index in [0.29, 0.717) is 35.3 Å². The third kappa shape index (κ3) is 3.30. The zero-order valence-corrected chi connectivity index (χ0v) is 16.1. The van der Waals surface area contributed by atoms with Gasteiger partial charge in [0.15, 0.2) is 0 Å². The topological polar surface area (TPSA) is 76.0 Å². The Kier molecular flexibility index (Phi) is 4.40. The van der Waals surface area contributed by atoms with Gasteiger partial charge in [-0.2, -0.15) is 0 Å². The SMILES string of the molecule is Cc1cc2nc(C3=C(O)CN(CCc4ccc(Cl)cc4)C3=N)[nH]c2cc1C. The Morgan fingerprint density at radius 1 is 1.19 bits per heavy atom. The molecule has 4 rings (SSSR count). The van der Waals surface area contributed by atoms with Crippen LogP contribution in [-0.2, 0) is 6.42 Å². The predicted octanol–water partition coefficient (Wildman–Crippen LogP) is 4.64. The number of rotatable bonds is 4. The monoisotopic (exact) mass is 380 g/mol. The van der Waals surface area contributed by atoms with Crippen LogP contribution < -0.4 is 0 Å². The lowest BCUT2D eigenvalue weighted by Gasteiger charge is -2.18. The van der Waals surface area contributed by atoms with Gasteiger partial charge in [-0.3, -0.25) is 5.41 Å². The van der Waals surface area contributed by atoms with Crippen molar-refractivity contribution in [2.45, 2.75) is 20.3 Å². The number of H-pyrrole nitrogens is 1. The Labute approximate surface area is 162 Å². The van der Waals surface area contributed by atoms with Crippen molar-refractivity contribution in [2.24, 2.45) is 0 Å². The normalized spacial score (nSPS) is 14.6. The number of aliphatic hydroxyl groups excluding tert-OH is 1. The second kappa shape index (κ2) is 6.74. The van der Waals surface area contributed by atoms with Crippen LogP contribution in [0, 0.1) is 19.3 Å². The molecule has 1 aromatic heterocycles. The summed E-state index contributed by atoms with van der Waals surface area (Å²) in [5.74, 6) is 1.03. The Hall–Kier alpha value is -2.79. The quantitative estimate of drug-likeness (QED) is 0.617. The molecule has 0 amide bonds. The number of hydrogen-bond acceptors (Lipinski definition) is 3. The van der Waals surface area contributed by atoms with Crippen LogP contribution in [0.15, 0.2) is 42.2 Å². The molecule has 138 valence electrons. The molecule has 0 unspecified atom stereocenters. The van der Waals surface area contributed by atoms with Crippen molar-refractivity contribution in [2.75, 3.05) is 13.1 Å². The van der Waals surface area contributed by atoms with Gasteiger partial charge in [-0.1, -0.05) is 23.7 Å². The number of nitrogens with one attached hydrogen (secondary N) is 2. The van der Waals surface area contributed by atoms with E-state index in [-0.39, 0.29) is 5.76 Å². The number of fused-ring (bicyclic) bond motifs is 1. The molecule has 0 fully saturated rings. The Bertz CT molecular complexity index is 1030. The zero-order valence-electron chi connectivity index (χ0n) is 15.3. The first-order valence-corrected chi connectivity index (χ1v) is 9.28. The molecule has 2 aromatic carbocycles. The summed E-state index contributed by atoms with van der Waals surface area (Å²) in [6.07, 6.45) is 0.776. The Balaban J connectivity index is 1.54. The summed E-state index contributed by atoms with van der Waals surface area (Å²) >= 11 is 5.93. The number of aromatic amines is 1. The van der Waals surface area contributed by atoms with E-state index >= 15 is 0 Å². The third-order valence-corrected chi connectivity index (χ3v) is 5.35. The summed E-state index contributed by atoms with van der Waals surface area (Å²) in [7, 11) is 0. The van der Waals surface area contributed by atoms with Gasteiger partial charge in [-0.25, -0.2) is 4.98 Å². The largest absolute Gasteiger partial charge is 0.510 e. The van der Waals surface area contributed by atoms with E-state index in [2.05, 4.69) is 29.9 Å². The molecule has 0 bridgehead atoms. The summed E-state index contributed by atoms with van der Waals surface area (Å²) in [4.78, 5) is 9.72. The standard InChI is InChI=1S/C21H21ClN4O/c1-12-9-16-17(10-13(12)2)25-21(24-16)19-18(27)11-26(20(19)23)8-7-14-3-5-15(22)6-4-14/h3-6,9-10,23,27H,7-8,11H2,1-2H3,(H,24,25). The number of halogens is 1. The van der Waals surface area contributed by atoms with Gasteiger partial charge in [-0.15, -0.1) is 0 Å². The molecular formula is C21H21ClN4O. The summed E-state index contributed by atoms with van der Waals surface area (Å²) in [5, 5.41) is 19.7. The van der Waals surface area contributed by atoms with Crippen LogP contribution in [0.4, 0.5) is 0 Å². The first-order valence-electron chi connectivity index (χ1n) is 8.90. The van der Waals surface area contributed by atoms with Crippen molar-refractivity contribution in [3.8, 4) is 0 Å². The molecule has 6 heteroatoms. The fraction of sp³-hybridized carbons (Fsp3) is 0.238. The van der Waals surface area contributed by atoms with E-state index in [4.69, 9.17) is 17.0 Å². The number of amidine groups is 1. The number of nitrogens with zero attached hydrogens (tertiary/aromatic N) is 2. The van der Waals surface area contributed by atoms with Crippen molar-refractivity contribution in [3.63, 3.8) is 0 Å². The van der Waals surface area contributed by atoms with E-state index in [0.717, 1.165) is 23.0 Å². The van der Waals surface area contributed by atoms with Gasteiger partial charge in [0.2, 0.25) is 0 Å². The summed E-state index contributed by atoms with van der Waals surface area (Å²) < 4.78 is 0. The summed E-state index contributed by atoms with van der Waals surface area (Å²) in [6.45, 7) is 5.08. The molecule has 0 aliphatic carbocycles. The van der Waals surface area contributed by atoms with Crippen LogP contribution >= 0.6 is 11.6 Å². The molecule has 3 N–H and O–H groups in total. The maximum atomic E-state index is 10.5. The molecule has 0 spiro atoms. The van der Waals surface area contributed by atoms with E-state index in [1.54, 1.807) is 0 Å². The van der Waals surface area contributed by atoms with Crippen LogP contribution in [-0.4, -0.2) is 38.9 Å². The molecule has 3 aromatic rings. The van der Waals surface area contributed by atoms with Crippen molar-refractivity contribution in [1.82, 2.24) is 14.9 Å². The Morgan fingerprint density at radius 2 is 1.89 bits per heavy atom. The number of aromatic nitrogens is 2. The predicted molar refractivity (Wildman–Crippen MR) is 110 cm³/mol. The van der Waals surface area contributed by atoms with Gasteiger partial charge >= 0.3 is 0 Å². The molecule has 27 heavy (non-hydrogen) atoms. The fourth-order valence-corrected chi connectivity index (χ4v) is 3.50. The summed E-state index contributed by atoms with van der Waals surface area (Å²) in [5.41, 5.74) is 5.75. The fourth-order valence-electron chi connectivity index (χ4n) is 3.38. The smallest absolute Gasteiger partial charge is 0.145 e. The lowest BCUT2D eigenvalue weighted by Crippen LogP contribution is -2.29. The van der Waals surface area contributed by atoms with Crippen molar-refractivity contribution in [1.29, 1.82) is 5.41 Å². The molecule has 0 atom stereocenters. The molecule has 0 saturated carbocycles. The molecule has 5 nitrogen and oxygen atoms in total. The van der Waals surface area contributed by atoms with Gasteiger partial charge in [0.05, 0.1) is 23.2 Å². The maximum Gasteiger partial charge on any atom is 0.145 e. The van der Waals surface area contributed by atoms with Crippen molar-refractivity contribution >= 4 is 34.0 Å². The highest BCUT2D eigenvalue weighted by molar-refractivity contribution is 6.30. The highest BCUT2D eigenvalue weighted by Crippen LogP contribution is 2.28. The molecule has 0 radical (unpaired) electrons. The van der Waals surface area contributed by atoms with Gasteiger partial charge in [0.1, 0.15) is 17.4 Å². The van der Waals surface area contributed by atoms with Crippen LogP contribution in [0.2, 0.25) is 5.02 Å². The number of benzene rings is 2. The molecule has 2 heterocycles. The third-order valence-electron chi connectivity index (χ3n) is 5.10. The highest BCUT2D eigenvalue weighted by atomic mass is 35.5. The molecule has 1 aliphatic rings. The minimum atomic E-state index is 0.184. The molecule has 1 aliphatic heterocycles. The van der Waals surface area contributed by atoms with Crippen molar-refractivity contribution < 1.29 is 5.11 Å². The minimum Gasteiger partial charge on any atom is -0.510 e. The number of imidazole rings is 1. The van der Waals surface area contributed by atoms with Crippen LogP contribution in [0.5, 0.6) is 0 Å². The van der Waals surface area contributed by atoms with Crippen LogP contribution in [0.25, 0.3) is 16.6 Å². The first-order chi connectivity index (χ1) is 12.9. The average Bonchev–Trinajstić information content (AvgIpc) is 3.14. The van der Waals surface area contributed by atoms with E-state index in [1.807, 2.05) is 35.2 Å². The van der Waals surface area contributed by atoms with E-state index < -0.39 is 0 Å². The molecule has 0 saturated heterocycles. The van der Waals surface area contributed by atoms with Crippen molar-refractivity contribution in [3.05, 3.63) is 69.7 Å². The zero-order chi connectivity index (χ0) is 19.1. The number of hydrogen-bond donors (Lipinski definition) is 3. The highest BCUT2D eigenvalue weighted by Gasteiger charge is 2.30. The minimum absolute atomic E-state index is 0.184. The lowest BCUT2D eigenvalue weighted by molar-refractivity contribution is 0.351. The van der Waals surface area contributed by atoms with Crippen LogP contribution in [0.3, 0.4) is 0 Å². The lowest BCUT2D eigenvalue weighted by atomic mass is 10.1. The van der Waals surface area contributed by atoms with E-state index in [9.17, 15) is 5.11 Å². The second-order valence-corrected chi connectivity index (χ2v) is 7.44. The van der Waals surface area contributed by atoms with Crippen LogP contribution in [0.1, 0.15) is 22.5 Å². The van der Waals surface area contributed by atoms with Gasteiger partial charge in [0, 0.05) is 11.6 Å². The van der Waals surface area contributed by atoms with E-state index in [1.165, 1.54) is 11.1 Å². The molecular weight excluding hydrogens is 360 g/mol. The van der Waals surface area contributed by atoms with Gasteiger partial charge in [-0.05, 0) is 61.2 Å². The first kappa shape index (κ1) is 17.6. The average molecular weight is 381 g/mol. The maximum absolute atomic E-state index is 10.5. The second-order valence-electron chi connectivity index (χ2n) is 7.01. The van der Waals surface area contributed by atoms with Gasteiger partial charge < -0.3 is 15.0 Å².